The second kappa shape index (κ2) is 13.1. The summed E-state index contributed by atoms with van der Waals surface area (Å²) in [6, 6.07) is 13.7. The van der Waals surface area contributed by atoms with E-state index >= 15 is 0 Å². The van der Waals surface area contributed by atoms with Crippen molar-refractivity contribution in [3.63, 3.8) is 0 Å². The van der Waals surface area contributed by atoms with E-state index in [1.54, 1.807) is 4.57 Å². The second-order valence-corrected chi connectivity index (χ2v) is 9.25. The molecule has 3 rings (SSSR count). The van der Waals surface area contributed by atoms with Gasteiger partial charge in [0.25, 0.3) is 5.91 Å². The van der Waals surface area contributed by atoms with E-state index in [1.165, 1.54) is 11.3 Å². The maximum atomic E-state index is 12.4. The molecule has 35 heavy (non-hydrogen) atoms. The third kappa shape index (κ3) is 7.66. The maximum absolute atomic E-state index is 12.4. The standard InChI is InChI=1S/C26H30N2O5S2/c1-4-31-22-11-8-19(14-23(22)32-5-2)12-13-27-24(29)16-33-25(30)15-28-21(17-35-26(28)34)20-9-6-18(3)7-10-20/h6-11,14,17H,4-5,12-13,15-16H2,1-3H3,(H,27,29). The van der Waals surface area contributed by atoms with Gasteiger partial charge in [-0.1, -0.05) is 35.9 Å². The van der Waals surface area contributed by atoms with Crippen LogP contribution in [0.25, 0.3) is 11.3 Å². The highest BCUT2D eigenvalue weighted by Gasteiger charge is 2.14. The Labute approximate surface area is 214 Å². The van der Waals surface area contributed by atoms with Gasteiger partial charge >= 0.3 is 5.97 Å². The predicted molar refractivity (Wildman–Crippen MR) is 140 cm³/mol. The van der Waals surface area contributed by atoms with Crippen molar-refractivity contribution in [1.82, 2.24) is 9.88 Å². The number of benzene rings is 2. The lowest BCUT2D eigenvalue weighted by Gasteiger charge is -2.13. The lowest BCUT2D eigenvalue weighted by Crippen LogP contribution is -2.31. The molecule has 0 aliphatic heterocycles. The fourth-order valence-corrected chi connectivity index (χ4v) is 4.47. The molecule has 0 spiro atoms. The number of amides is 1. The Bertz CT molecular complexity index is 1200. The van der Waals surface area contributed by atoms with Crippen molar-refractivity contribution < 1.29 is 23.8 Å². The molecule has 0 bridgehead atoms. The Morgan fingerprint density at radius 3 is 2.46 bits per heavy atom. The Hall–Kier alpha value is -3.17. The van der Waals surface area contributed by atoms with Gasteiger partial charge in [-0.3, -0.25) is 9.59 Å². The van der Waals surface area contributed by atoms with Crippen molar-refractivity contribution in [3.8, 4) is 22.8 Å². The fraction of sp³-hybridized carbons (Fsp3) is 0.346. The van der Waals surface area contributed by atoms with Gasteiger partial charge in [0.1, 0.15) is 6.54 Å². The zero-order valence-electron chi connectivity index (χ0n) is 20.2. The first-order chi connectivity index (χ1) is 16.9. The largest absolute Gasteiger partial charge is 0.490 e. The Morgan fingerprint density at radius 1 is 1.03 bits per heavy atom. The summed E-state index contributed by atoms with van der Waals surface area (Å²) in [5, 5.41) is 4.70. The molecule has 0 aliphatic rings. The second-order valence-electron chi connectivity index (χ2n) is 7.75. The van der Waals surface area contributed by atoms with Crippen molar-refractivity contribution in [2.45, 2.75) is 33.7 Å². The third-order valence-electron chi connectivity index (χ3n) is 5.13. The van der Waals surface area contributed by atoms with E-state index in [4.69, 9.17) is 26.4 Å². The van der Waals surface area contributed by atoms with Crippen LogP contribution in [0.4, 0.5) is 0 Å². The molecule has 0 unspecified atom stereocenters. The molecule has 0 atom stereocenters. The number of hydrogen-bond acceptors (Lipinski definition) is 7. The van der Waals surface area contributed by atoms with Crippen molar-refractivity contribution in [2.24, 2.45) is 0 Å². The molecule has 1 heterocycles. The average Bonchev–Trinajstić information content (AvgIpc) is 3.20. The third-order valence-corrected chi connectivity index (χ3v) is 6.40. The minimum Gasteiger partial charge on any atom is -0.490 e. The van der Waals surface area contributed by atoms with Crippen LogP contribution in [0.2, 0.25) is 0 Å². The minimum atomic E-state index is -0.518. The zero-order valence-corrected chi connectivity index (χ0v) is 21.8. The number of ether oxygens (including phenoxy) is 3. The summed E-state index contributed by atoms with van der Waals surface area (Å²) in [5.74, 6) is 0.507. The SMILES string of the molecule is CCOc1ccc(CCNC(=O)COC(=O)Cn2c(-c3ccc(C)cc3)csc2=S)cc1OCC. The monoisotopic (exact) mass is 514 g/mol. The normalized spacial score (nSPS) is 10.6. The Balaban J connectivity index is 1.47. The number of nitrogens with one attached hydrogen (secondary N) is 1. The number of carbonyl (C=O) groups excluding carboxylic acids is 2. The molecular formula is C26H30N2O5S2. The first kappa shape index (κ1) is 26.4. The molecule has 1 aromatic heterocycles. The highest BCUT2D eigenvalue weighted by Crippen LogP contribution is 2.28. The lowest BCUT2D eigenvalue weighted by molar-refractivity contribution is -0.149. The van der Waals surface area contributed by atoms with Crippen molar-refractivity contribution in [3.05, 3.63) is 62.9 Å². The lowest BCUT2D eigenvalue weighted by atomic mass is 10.1. The van der Waals surface area contributed by atoms with Gasteiger partial charge in [0.2, 0.25) is 0 Å². The van der Waals surface area contributed by atoms with Gasteiger partial charge in [-0.05, 0) is 62.7 Å². The molecule has 0 aliphatic carbocycles. The molecule has 9 heteroatoms. The quantitative estimate of drug-likeness (QED) is 0.272. The highest BCUT2D eigenvalue weighted by atomic mass is 32.1. The summed E-state index contributed by atoms with van der Waals surface area (Å²) >= 11 is 6.77. The van der Waals surface area contributed by atoms with Crippen LogP contribution in [0, 0.1) is 10.9 Å². The highest BCUT2D eigenvalue weighted by molar-refractivity contribution is 7.73. The molecule has 186 valence electrons. The number of hydrogen-bond donors (Lipinski definition) is 1. The van der Waals surface area contributed by atoms with Crippen LogP contribution in [0.15, 0.2) is 47.8 Å². The van der Waals surface area contributed by atoms with Crippen LogP contribution in [0.1, 0.15) is 25.0 Å². The smallest absolute Gasteiger partial charge is 0.326 e. The summed E-state index contributed by atoms with van der Waals surface area (Å²) in [6.45, 7) is 6.96. The van der Waals surface area contributed by atoms with Gasteiger partial charge in [0.15, 0.2) is 22.1 Å². The molecule has 2 aromatic carbocycles. The molecule has 7 nitrogen and oxygen atoms in total. The molecule has 0 fully saturated rings. The molecule has 0 radical (unpaired) electrons. The minimum absolute atomic E-state index is 0.0504. The van der Waals surface area contributed by atoms with Crippen LogP contribution in [0.5, 0.6) is 11.5 Å². The molecule has 1 amide bonds. The van der Waals surface area contributed by atoms with Crippen LogP contribution in [0.3, 0.4) is 0 Å². The zero-order chi connectivity index (χ0) is 25.2. The Morgan fingerprint density at radius 2 is 1.74 bits per heavy atom. The van der Waals surface area contributed by atoms with Crippen LogP contribution < -0.4 is 14.8 Å². The number of nitrogens with zero attached hydrogens (tertiary/aromatic N) is 1. The summed E-state index contributed by atoms with van der Waals surface area (Å²) in [5.41, 5.74) is 3.97. The first-order valence-corrected chi connectivity index (χ1v) is 12.8. The van der Waals surface area contributed by atoms with Crippen LogP contribution in [-0.2, 0) is 27.3 Å². The Kier molecular flexibility index (Phi) is 9.86. The average molecular weight is 515 g/mol. The van der Waals surface area contributed by atoms with E-state index in [1.807, 2.05) is 68.6 Å². The summed E-state index contributed by atoms with van der Waals surface area (Å²) in [6.07, 6.45) is 0.607. The van der Waals surface area contributed by atoms with Crippen LogP contribution in [-0.4, -0.2) is 42.8 Å². The molecular weight excluding hydrogens is 484 g/mol. The van der Waals surface area contributed by atoms with E-state index in [0.29, 0.717) is 41.6 Å². The predicted octanol–water partition coefficient (Wildman–Crippen LogP) is 4.95. The summed E-state index contributed by atoms with van der Waals surface area (Å²) in [4.78, 5) is 24.6. The van der Waals surface area contributed by atoms with Crippen molar-refractivity contribution in [2.75, 3.05) is 26.4 Å². The van der Waals surface area contributed by atoms with Crippen LogP contribution >= 0.6 is 23.6 Å². The van der Waals surface area contributed by atoms with Gasteiger partial charge in [-0.2, -0.15) is 0 Å². The number of carbonyl (C=O) groups is 2. The fourth-order valence-electron chi connectivity index (χ4n) is 3.40. The van der Waals surface area contributed by atoms with Gasteiger partial charge in [-0.25, -0.2) is 0 Å². The number of esters is 1. The molecule has 1 N–H and O–H groups in total. The number of rotatable bonds is 12. The first-order valence-electron chi connectivity index (χ1n) is 11.5. The molecule has 3 aromatic rings. The van der Waals surface area contributed by atoms with Gasteiger partial charge < -0.3 is 24.1 Å². The van der Waals surface area contributed by atoms with Crippen molar-refractivity contribution in [1.29, 1.82) is 0 Å². The molecule has 0 saturated heterocycles. The number of aromatic nitrogens is 1. The number of aryl methyl sites for hydroxylation is 1. The number of thiazole rings is 1. The van der Waals surface area contributed by atoms with E-state index in [2.05, 4.69) is 5.32 Å². The van der Waals surface area contributed by atoms with E-state index in [9.17, 15) is 9.59 Å². The van der Waals surface area contributed by atoms with Gasteiger partial charge in [0, 0.05) is 11.9 Å². The van der Waals surface area contributed by atoms with E-state index in [-0.39, 0.29) is 19.1 Å². The topological polar surface area (TPSA) is 78.8 Å². The maximum Gasteiger partial charge on any atom is 0.326 e. The summed E-state index contributed by atoms with van der Waals surface area (Å²) in [7, 11) is 0. The van der Waals surface area contributed by atoms with Gasteiger partial charge in [0.05, 0.1) is 18.9 Å². The van der Waals surface area contributed by atoms with Crippen molar-refractivity contribution >= 4 is 35.4 Å². The van der Waals surface area contributed by atoms with Gasteiger partial charge in [-0.15, -0.1) is 11.3 Å². The summed E-state index contributed by atoms with van der Waals surface area (Å²) < 4.78 is 18.7. The molecule has 0 saturated carbocycles. The van der Waals surface area contributed by atoms with E-state index < -0.39 is 5.97 Å². The van der Waals surface area contributed by atoms with E-state index in [0.717, 1.165) is 22.4 Å².